The van der Waals surface area contributed by atoms with Gasteiger partial charge in [0.1, 0.15) is 6.33 Å². The minimum absolute atomic E-state index is 0.140. The number of sulfone groups is 1. The van der Waals surface area contributed by atoms with Crippen molar-refractivity contribution in [2.45, 2.75) is 11.4 Å². The maximum Gasteiger partial charge on any atom is 0.353 e. The number of anilines is 2. The van der Waals surface area contributed by atoms with Crippen molar-refractivity contribution in [3.05, 3.63) is 46.3 Å². The van der Waals surface area contributed by atoms with Crippen molar-refractivity contribution in [2.24, 2.45) is 0 Å². The second kappa shape index (κ2) is 8.07. The van der Waals surface area contributed by atoms with Gasteiger partial charge in [0.05, 0.1) is 9.82 Å². The highest BCUT2D eigenvalue weighted by Crippen LogP contribution is 2.32. The second-order valence-electron chi connectivity index (χ2n) is 6.71. The van der Waals surface area contributed by atoms with Gasteiger partial charge in [0, 0.05) is 39.0 Å². The van der Waals surface area contributed by atoms with Gasteiger partial charge < -0.3 is 15.1 Å². The van der Waals surface area contributed by atoms with Crippen LogP contribution in [-0.4, -0.2) is 67.7 Å². The van der Waals surface area contributed by atoms with E-state index in [1.165, 1.54) is 18.5 Å². The average Bonchev–Trinajstić information content (AvgIpc) is 2.66. The van der Waals surface area contributed by atoms with Gasteiger partial charge in [0.25, 0.3) is 0 Å². The molecule has 0 spiro atoms. The molecule has 0 saturated carbocycles. The first-order valence-electron chi connectivity index (χ1n) is 8.71. The first-order chi connectivity index (χ1) is 13.3. The fraction of sp³-hybridized carbons (Fsp3) is 0.412. The largest absolute Gasteiger partial charge is 0.360 e. The molecule has 28 heavy (non-hydrogen) atoms. The zero-order valence-electron chi connectivity index (χ0n) is 15.7. The van der Waals surface area contributed by atoms with Gasteiger partial charge >= 0.3 is 5.69 Å². The summed E-state index contributed by atoms with van der Waals surface area (Å²) >= 11 is 0. The normalized spacial score (nSPS) is 15.4. The number of nitro groups is 1. The topological polar surface area (TPSA) is 122 Å². The maximum atomic E-state index is 11.7. The van der Waals surface area contributed by atoms with E-state index in [9.17, 15) is 18.5 Å². The lowest BCUT2D eigenvalue weighted by Gasteiger charge is -2.32. The van der Waals surface area contributed by atoms with E-state index in [0.717, 1.165) is 24.9 Å². The summed E-state index contributed by atoms with van der Waals surface area (Å²) in [5, 5.41) is 14.7. The van der Waals surface area contributed by atoms with Gasteiger partial charge in [-0.15, -0.1) is 0 Å². The molecule has 0 unspecified atom stereocenters. The third kappa shape index (κ3) is 4.54. The van der Waals surface area contributed by atoms with Crippen molar-refractivity contribution >= 4 is 27.2 Å². The summed E-state index contributed by atoms with van der Waals surface area (Å²) < 4.78 is 23.1. The highest BCUT2D eigenvalue weighted by atomic mass is 32.2. The maximum absolute atomic E-state index is 11.7. The smallest absolute Gasteiger partial charge is 0.353 e. The van der Waals surface area contributed by atoms with E-state index in [1.54, 1.807) is 12.1 Å². The van der Waals surface area contributed by atoms with Crippen LogP contribution in [-0.2, 0) is 16.4 Å². The van der Waals surface area contributed by atoms with Crippen molar-refractivity contribution in [3.8, 4) is 0 Å². The molecule has 2 aromatic rings. The van der Waals surface area contributed by atoms with Gasteiger partial charge in [0.2, 0.25) is 11.6 Å². The molecule has 1 fully saturated rings. The fourth-order valence-corrected chi connectivity index (χ4v) is 3.59. The summed E-state index contributed by atoms with van der Waals surface area (Å²) in [5.74, 6) is 0.448. The molecule has 3 rings (SSSR count). The molecule has 1 aliphatic heterocycles. The summed E-state index contributed by atoms with van der Waals surface area (Å²) in [6.45, 7) is 3.18. The number of nitrogens with zero attached hydrogens (tertiary/aromatic N) is 5. The molecule has 2 heterocycles. The van der Waals surface area contributed by atoms with Crippen LogP contribution in [0.15, 0.2) is 35.5 Å². The van der Waals surface area contributed by atoms with Crippen LogP contribution in [0.4, 0.5) is 17.3 Å². The van der Waals surface area contributed by atoms with Gasteiger partial charge in [-0.1, -0.05) is 12.1 Å². The minimum Gasteiger partial charge on any atom is -0.360 e. The van der Waals surface area contributed by atoms with E-state index < -0.39 is 14.8 Å². The zero-order chi connectivity index (χ0) is 20.3. The Morgan fingerprint density at radius 2 is 1.79 bits per heavy atom. The quantitative estimate of drug-likeness (QED) is 0.556. The van der Waals surface area contributed by atoms with Crippen LogP contribution >= 0.6 is 0 Å². The van der Waals surface area contributed by atoms with E-state index in [-0.39, 0.29) is 22.9 Å². The summed E-state index contributed by atoms with van der Waals surface area (Å²) in [6, 6.07) is 6.35. The van der Waals surface area contributed by atoms with Gasteiger partial charge in [-0.05, 0) is 24.7 Å². The lowest BCUT2D eigenvalue weighted by molar-refractivity contribution is -0.383. The zero-order valence-corrected chi connectivity index (χ0v) is 16.5. The van der Waals surface area contributed by atoms with Crippen LogP contribution in [0.2, 0.25) is 0 Å². The standard InChI is InChI=1S/C17H22N6O4S/c1-21-7-9-22(10-8-21)17-15(23(24)25)16(19-12-20-17)18-11-13-3-5-14(6-4-13)28(2,26)27/h3-6,12H,7-11H2,1-2H3,(H,18,19,20). The van der Waals surface area contributed by atoms with E-state index in [2.05, 4.69) is 20.2 Å². The predicted molar refractivity (Wildman–Crippen MR) is 105 cm³/mol. The Bertz CT molecular complexity index is 956. The molecule has 0 radical (unpaired) electrons. The number of benzene rings is 1. The van der Waals surface area contributed by atoms with Crippen molar-refractivity contribution in [2.75, 3.05) is 49.7 Å². The van der Waals surface area contributed by atoms with Gasteiger partial charge in [0.15, 0.2) is 9.84 Å². The lowest BCUT2D eigenvalue weighted by atomic mass is 10.2. The van der Waals surface area contributed by atoms with Crippen molar-refractivity contribution in [1.29, 1.82) is 0 Å². The molecule has 1 N–H and O–H groups in total. The molecule has 1 aromatic carbocycles. The molecule has 10 nitrogen and oxygen atoms in total. The first-order valence-corrected chi connectivity index (χ1v) is 10.6. The molecule has 11 heteroatoms. The van der Waals surface area contributed by atoms with Crippen LogP contribution in [0.1, 0.15) is 5.56 Å². The van der Waals surface area contributed by atoms with Gasteiger partial charge in [-0.3, -0.25) is 10.1 Å². The van der Waals surface area contributed by atoms with Gasteiger partial charge in [-0.25, -0.2) is 18.4 Å². The van der Waals surface area contributed by atoms with Crippen LogP contribution in [0.5, 0.6) is 0 Å². The summed E-state index contributed by atoms with van der Waals surface area (Å²) in [5.41, 5.74) is 0.626. The Morgan fingerprint density at radius 1 is 1.14 bits per heavy atom. The number of likely N-dealkylation sites (N-methyl/N-ethyl adjacent to an activating group) is 1. The second-order valence-corrected chi connectivity index (χ2v) is 8.73. The molecule has 1 aliphatic rings. The van der Waals surface area contributed by atoms with Crippen LogP contribution in [0, 0.1) is 10.1 Å². The molecular weight excluding hydrogens is 384 g/mol. The number of hydrogen-bond donors (Lipinski definition) is 1. The molecule has 1 aromatic heterocycles. The molecule has 1 saturated heterocycles. The molecule has 150 valence electrons. The molecule has 0 bridgehead atoms. The van der Waals surface area contributed by atoms with Crippen molar-refractivity contribution in [3.63, 3.8) is 0 Å². The summed E-state index contributed by atoms with van der Waals surface area (Å²) in [7, 11) is -1.26. The van der Waals surface area contributed by atoms with Gasteiger partial charge in [-0.2, -0.15) is 0 Å². The Hall–Kier alpha value is -2.79. The predicted octanol–water partition coefficient (Wildman–Crippen LogP) is 1.15. The van der Waals surface area contributed by atoms with Crippen LogP contribution in [0.25, 0.3) is 0 Å². The fourth-order valence-electron chi connectivity index (χ4n) is 2.96. The Kier molecular flexibility index (Phi) is 5.75. The Morgan fingerprint density at radius 3 is 2.36 bits per heavy atom. The highest BCUT2D eigenvalue weighted by molar-refractivity contribution is 7.90. The van der Waals surface area contributed by atoms with E-state index in [0.29, 0.717) is 18.9 Å². The first kappa shape index (κ1) is 20.0. The molecule has 0 amide bonds. The van der Waals surface area contributed by atoms with Crippen molar-refractivity contribution in [1.82, 2.24) is 14.9 Å². The molecule has 0 aliphatic carbocycles. The van der Waals surface area contributed by atoms with E-state index in [1.807, 2.05) is 11.9 Å². The number of nitrogens with one attached hydrogen (secondary N) is 1. The third-order valence-electron chi connectivity index (χ3n) is 4.60. The highest BCUT2D eigenvalue weighted by Gasteiger charge is 2.28. The number of aromatic nitrogens is 2. The Labute approximate surface area is 163 Å². The number of hydrogen-bond acceptors (Lipinski definition) is 9. The molecule has 0 atom stereocenters. The number of piperazine rings is 1. The van der Waals surface area contributed by atoms with E-state index >= 15 is 0 Å². The van der Waals surface area contributed by atoms with Crippen molar-refractivity contribution < 1.29 is 13.3 Å². The SMILES string of the molecule is CN1CCN(c2ncnc(NCc3ccc(S(C)(=O)=O)cc3)c2[N+](=O)[O-])CC1. The van der Waals surface area contributed by atoms with Crippen LogP contribution < -0.4 is 10.2 Å². The average molecular weight is 406 g/mol. The minimum atomic E-state index is -3.27. The van der Waals surface area contributed by atoms with E-state index in [4.69, 9.17) is 0 Å². The third-order valence-corrected chi connectivity index (χ3v) is 5.73. The molecular formula is C17H22N6O4S. The summed E-state index contributed by atoms with van der Waals surface area (Å²) in [6.07, 6.45) is 2.46. The summed E-state index contributed by atoms with van der Waals surface area (Å²) in [4.78, 5) is 23.7. The van der Waals surface area contributed by atoms with Crippen LogP contribution in [0.3, 0.4) is 0 Å². The Balaban J connectivity index is 1.80. The monoisotopic (exact) mass is 406 g/mol. The lowest BCUT2D eigenvalue weighted by Crippen LogP contribution is -2.45. The number of rotatable bonds is 6.